The molecule has 2 N–H and O–H groups in total. The van der Waals surface area contributed by atoms with E-state index in [0.717, 1.165) is 32.1 Å². The maximum atomic E-state index is 11.8. The van der Waals surface area contributed by atoms with E-state index < -0.39 is 21.4 Å². The van der Waals surface area contributed by atoms with Crippen molar-refractivity contribution in [3.63, 3.8) is 0 Å². The molecule has 0 aromatic carbocycles. The number of carboxylic acids is 1. The summed E-state index contributed by atoms with van der Waals surface area (Å²) in [6.07, 6.45) is 4.93. The van der Waals surface area contributed by atoms with Crippen LogP contribution < -0.4 is 4.72 Å². The molecule has 1 rings (SSSR count). The summed E-state index contributed by atoms with van der Waals surface area (Å²) < 4.78 is 26.3. The van der Waals surface area contributed by atoms with Crippen LogP contribution in [0, 0.1) is 5.41 Å². The third-order valence-corrected chi connectivity index (χ3v) is 4.88. The van der Waals surface area contributed by atoms with Gasteiger partial charge in [0.15, 0.2) is 0 Å². The molecule has 0 unspecified atom stereocenters. The molecule has 5 nitrogen and oxygen atoms in total. The second-order valence-corrected chi connectivity index (χ2v) is 7.15. The third kappa shape index (κ3) is 4.63. The van der Waals surface area contributed by atoms with Crippen molar-refractivity contribution in [1.82, 2.24) is 4.72 Å². The minimum absolute atomic E-state index is 0.0154. The van der Waals surface area contributed by atoms with Crippen LogP contribution >= 0.6 is 0 Å². The van der Waals surface area contributed by atoms with Crippen molar-refractivity contribution < 1.29 is 18.3 Å². The number of hydrogen-bond donors (Lipinski definition) is 2. The van der Waals surface area contributed by atoms with Gasteiger partial charge >= 0.3 is 5.97 Å². The van der Waals surface area contributed by atoms with E-state index in [2.05, 4.69) is 4.72 Å². The van der Waals surface area contributed by atoms with Gasteiger partial charge in [0.05, 0.1) is 11.2 Å². The van der Waals surface area contributed by atoms with Gasteiger partial charge in [0.1, 0.15) is 0 Å². The minimum atomic E-state index is -3.51. The van der Waals surface area contributed by atoms with Crippen molar-refractivity contribution in [2.45, 2.75) is 52.0 Å². The van der Waals surface area contributed by atoms with Crippen LogP contribution in [0.2, 0.25) is 0 Å². The van der Waals surface area contributed by atoms with E-state index in [1.54, 1.807) is 0 Å². The number of carbonyl (C=O) groups is 1. The zero-order valence-electron chi connectivity index (χ0n) is 10.4. The molecule has 0 atom stereocenters. The quantitative estimate of drug-likeness (QED) is 0.784. The summed E-state index contributed by atoms with van der Waals surface area (Å²) in [7, 11) is -3.51. The zero-order chi connectivity index (χ0) is 13.1. The van der Waals surface area contributed by atoms with Crippen molar-refractivity contribution in [2.75, 3.05) is 5.75 Å². The molecule has 1 saturated carbocycles. The highest BCUT2D eigenvalue weighted by molar-refractivity contribution is 7.89. The van der Waals surface area contributed by atoms with Crippen molar-refractivity contribution in [1.29, 1.82) is 0 Å². The number of aliphatic carboxylic acids is 1. The molecule has 0 spiro atoms. The normalized spacial score (nSPS) is 19.2. The number of hydrogen-bond acceptors (Lipinski definition) is 3. The summed E-state index contributed by atoms with van der Waals surface area (Å²) in [5, 5.41) is 8.92. The first-order valence-corrected chi connectivity index (χ1v) is 7.61. The summed E-state index contributed by atoms with van der Waals surface area (Å²) in [5.41, 5.74) is -1.25. The van der Waals surface area contributed by atoms with E-state index in [9.17, 15) is 13.2 Å². The zero-order valence-corrected chi connectivity index (χ0v) is 11.2. The van der Waals surface area contributed by atoms with Gasteiger partial charge in [-0.1, -0.05) is 19.3 Å². The average molecular weight is 263 g/mol. The fourth-order valence-corrected chi connectivity index (χ4v) is 3.95. The van der Waals surface area contributed by atoms with Gasteiger partial charge in [-0.05, 0) is 26.7 Å². The van der Waals surface area contributed by atoms with Crippen molar-refractivity contribution in [3.05, 3.63) is 0 Å². The smallest absolute Gasteiger partial charge is 0.310 e. The Kier molecular flexibility index (Phi) is 4.55. The predicted molar refractivity (Wildman–Crippen MR) is 65.2 cm³/mol. The lowest BCUT2D eigenvalue weighted by Gasteiger charge is -2.25. The fourth-order valence-electron chi connectivity index (χ4n) is 2.05. The Morgan fingerprint density at radius 3 is 2.29 bits per heavy atom. The Morgan fingerprint density at radius 1 is 1.29 bits per heavy atom. The highest BCUT2D eigenvalue weighted by Gasteiger charge is 2.34. The Bertz CT molecular complexity index is 369. The molecule has 0 aromatic rings. The molecular weight excluding hydrogens is 242 g/mol. The van der Waals surface area contributed by atoms with E-state index in [0.29, 0.717) is 0 Å². The molecule has 1 fully saturated rings. The maximum Gasteiger partial charge on any atom is 0.310 e. The highest BCUT2D eigenvalue weighted by atomic mass is 32.2. The summed E-state index contributed by atoms with van der Waals surface area (Å²) in [5.74, 6) is -1.46. The van der Waals surface area contributed by atoms with E-state index in [-0.39, 0.29) is 11.8 Å². The largest absolute Gasteiger partial charge is 0.481 e. The molecule has 100 valence electrons. The van der Waals surface area contributed by atoms with E-state index in [4.69, 9.17) is 5.11 Å². The first-order chi connectivity index (χ1) is 7.73. The fraction of sp³-hybridized carbons (Fsp3) is 0.909. The van der Waals surface area contributed by atoms with Gasteiger partial charge in [0, 0.05) is 6.04 Å². The number of carboxylic acid groups (broad SMARTS) is 1. The standard InChI is InChI=1S/C11H21NO4S/c1-11(2,10(13)14)8-17(15,16)12-9-6-4-3-5-7-9/h9,12H,3-8H2,1-2H3,(H,13,14). The molecule has 1 aliphatic rings. The molecule has 0 bridgehead atoms. The van der Waals surface area contributed by atoms with Crippen LogP contribution in [0.3, 0.4) is 0 Å². The summed E-state index contributed by atoms with van der Waals surface area (Å²) in [6, 6.07) is -0.0154. The molecule has 0 heterocycles. The Labute approximate surface area is 103 Å². The summed E-state index contributed by atoms with van der Waals surface area (Å²) >= 11 is 0. The molecule has 0 aliphatic heterocycles. The maximum absolute atomic E-state index is 11.8. The topological polar surface area (TPSA) is 83.5 Å². The van der Waals surface area contributed by atoms with Gasteiger partial charge in [-0.2, -0.15) is 0 Å². The Balaban J connectivity index is 2.59. The van der Waals surface area contributed by atoms with Crippen molar-refractivity contribution >= 4 is 16.0 Å². The summed E-state index contributed by atoms with van der Waals surface area (Å²) in [6.45, 7) is 2.85. The minimum Gasteiger partial charge on any atom is -0.481 e. The molecule has 1 aliphatic carbocycles. The Morgan fingerprint density at radius 2 is 1.82 bits per heavy atom. The average Bonchev–Trinajstić information content (AvgIpc) is 2.16. The third-order valence-electron chi connectivity index (χ3n) is 3.08. The van der Waals surface area contributed by atoms with Crippen LogP contribution in [0.15, 0.2) is 0 Å². The van der Waals surface area contributed by atoms with Crippen LogP contribution in [-0.4, -0.2) is 31.3 Å². The van der Waals surface area contributed by atoms with E-state index in [1.807, 2.05) is 0 Å². The molecule has 0 radical (unpaired) electrons. The van der Waals surface area contributed by atoms with Crippen molar-refractivity contribution in [3.8, 4) is 0 Å². The van der Waals surface area contributed by atoms with Crippen LogP contribution in [0.25, 0.3) is 0 Å². The SMILES string of the molecule is CC(C)(CS(=O)(=O)NC1CCCCC1)C(=O)O. The van der Waals surface area contributed by atoms with Gasteiger partial charge in [0.2, 0.25) is 10.0 Å². The van der Waals surface area contributed by atoms with Gasteiger partial charge in [-0.3, -0.25) is 4.79 Å². The first-order valence-electron chi connectivity index (χ1n) is 5.96. The molecule has 0 aromatic heterocycles. The van der Waals surface area contributed by atoms with Crippen molar-refractivity contribution in [2.24, 2.45) is 5.41 Å². The lowest BCUT2D eigenvalue weighted by molar-refractivity contribution is -0.145. The molecular formula is C11H21NO4S. The molecule has 6 heteroatoms. The molecule has 17 heavy (non-hydrogen) atoms. The van der Waals surface area contributed by atoms with E-state index in [1.165, 1.54) is 13.8 Å². The predicted octanol–water partition coefficient (Wildman–Crippen LogP) is 1.35. The van der Waals surface area contributed by atoms with Crippen LogP contribution in [0.1, 0.15) is 46.0 Å². The van der Waals surface area contributed by atoms with Gasteiger partial charge in [-0.25, -0.2) is 13.1 Å². The highest BCUT2D eigenvalue weighted by Crippen LogP contribution is 2.21. The summed E-state index contributed by atoms with van der Waals surface area (Å²) in [4.78, 5) is 10.9. The van der Waals surface area contributed by atoms with Gasteiger partial charge in [-0.15, -0.1) is 0 Å². The van der Waals surface area contributed by atoms with Crippen LogP contribution in [0.4, 0.5) is 0 Å². The van der Waals surface area contributed by atoms with Crippen LogP contribution in [0.5, 0.6) is 0 Å². The second kappa shape index (κ2) is 5.35. The second-order valence-electron chi connectivity index (χ2n) is 5.40. The first kappa shape index (κ1) is 14.4. The number of sulfonamides is 1. The lowest BCUT2D eigenvalue weighted by atomic mass is 9.96. The Hall–Kier alpha value is -0.620. The monoisotopic (exact) mass is 263 g/mol. The van der Waals surface area contributed by atoms with E-state index >= 15 is 0 Å². The molecule has 0 saturated heterocycles. The van der Waals surface area contributed by atoms with Gasteiger partial charge in [0.25, 0.3) is 0 Å². The lowest BCUT2D eigenvalue weighted by Crippen LogP contribution is -2.43. The van der Waals surface area contributed by atoms with Gasteiger partial charge < -0.3 is 5.11 Å². The number of rotatable bonds is 5. The molecule has 0 amide bonds. The van der Waals surface area contributed by atoms with Crippen LogP contribution in [-0.2, 0) is 14.8 Å². The number of nitrogens with one attached hydrogen (secondary N) is 1.